The number of nitrogens with one attached hydrogen (secondary N) is 2. The molecule has 0 spiro atoms. The van der Waals surface area contributed by atoms with E-state index in [1.807, 2.05) is 30.3 Å². The van der Waals surface area contributed by atoms with Gasteiger partial charge in [-0.05, 0) is 48.4 Å². The molecule has 2 N–H and O–H groups in total. The van der Waals surface area contributed by atoms with E-state index < -0.39 is 15.9 Å². The second-order valence-electron chi connectivity index (χ2n) is 6.65. The van der Waals surface area contributed by atoms with Crippen LogP contribution in [0.1, 0.15) is 15.9 Å². The highest BCUT2D eigenvalue weighted by molar-refractivity contribution is 7.89. The van der Waals surface area contributed by atoms with Gasteiger partial charge < -0.3 is 14.8 Å². The minimum Gasteiger partial charge on any atom is -0.496 e. The Morgan fingerprint density at radius 1 is 0.839 bits per heavy atom. The Morgan fingerprint density at radius 2 is 1.45 bits per heavy atom. The number of benzene rings is 3. The molecule has 8 heteroatoms. The fraction of sp³-hybridized carbons (Fsp3) is 0.174. The summed E-state index contributed by atoms with van der Waals surface area (Å²) < 4.78 is 38.1. The highest BCUT2D eigenvalue weighted by Gasteiger charge is 2.19. The first-order chi connectivity index (χ1) is 14.9. The van der Waals surface area contributed by atoms with Crippen LogP contribution in [0.2, 0.25) is 0 Å². The van der Waals surface area contributed by atoms with Crippen LogP contribution in [0, 0.1) is 0 Å². The van der Waals surface area contributed by atoms with Gasteiger partial charge in [-0.2, -0.15) is 0 Å². The minimum atomic E-state index is -3.65. The summed E-state index contributed by atoms with van der Waals surface area (Å²) in [6.45, 7) is 0.290. The van der Waals surface area contributed by atoms with Crippen molar-refractivity contribution in [3.63, 3.8) is 0 Å². The van der Waals surface area contributed by atoms with Crippen LogP contribution >= 0.6 is 0 Å². The van der Waals surface area contributed by atoms with Gasteiger partial charge in [0.2, 0.25) is 10.0 Å². The molecule has 0 aromatic heterocycles. The molecule has 0 aliphatic heterocycles. The van der Waals surface area contributed by atoms with E-state index >= 15 is 0 Å². The molecular formula is C23H24N2O5S. The summed E-state index contributed by atoms with van der Waals surface area (Å²) in [6.07, 6.45) is 0.592. The van der Waals surface area contributed by atoms with E-state index in [4.69, 9.17) is 9.47 Å². The lowest BCUT2D eigenvalue weighted by atomic mass is 10.1. The highest BCUT2D eigenvalue weighted by Crippen LogP contribution is 2.29. The third kappa shape index (κ3) is 5.62. The Hall–Kier alpha value is -3.36. The van der Waals surface area contributed by atoms with Gasteiger partial charge in [-0.25, -0.2) is 13.1 Å². The number of hydrogen-bond acceptors (Lipinski definition) is 5. The lowest BCUT2D eigenvalue weighted by molar-refractivity contribution is 0.102. The van der Waals surface area contributed by atoms with Crippen molar-refractivity contribution in [2.24, 2.45) is 0 Å². The van der Waals surface area contributed by atoms with Crippen molar-refractivity contribution in [3.8, 4) is 11.5 Å². The van der Waals surface area contributed by atoms with E-state index in [0.29, 0.717) is 30.2 Å². The summed E-state index contributed by atoms with van der Waals surface area (Å²) in [7, 11) is -0.715. The molecule has 0 radical (unpaired) electrons. The van der Waals surface area contributed by atoms with E-state index in [1.54, 1.807) is 18.2 Å². The zero-order valence-corrected chi connectivity index (χ0v) is 18.1. The molecule has 3 aromatic carbocycles. The Kier molecular flexibility index (Phi) is 7.28. The van der Waals surface area contributed by atoms with Crippen molar-refractivity contribution in [1.82, 2.24) is 4.72 Å². The smallest absolute Gasteiger partial charge is 0.263 e. The molecule has 0 aliphatic rings. The molecule has 162 valence electrons. The van der Waals surface area contributed by atoms with Crippen LogP contribution in [0.15, 0.2) is 77.7 Å². The van der Waals surface area contributed by atoms with Crippen molar-refractivity contribution in [2.45, 2.75) is 11.3 Å². The molecule has 0 heterocycles. The van der Waals surface area contributed by atoms with Crippen LogP contribution in [-0.2, 0) is 16.4 Å². The standard InChI is InChI=1S/C23H24N2O5S/c1-29-20-9-6-10-21(30-2)22(20)23(26)25-18-11-13-19(14-12-18)31(27,28)24-16-15-17-7-4-3-5-8-17/h3-14,24H,15-16H2,1-2H3,(H,25,26). The Bertz CT molecular complexity index is 1110. The molecule has 0 saturated carbocycles. The number of rotatable bonds is 9. The number of carbonyl (C=O) groups excluding carboxylic acids is 1. The Morgan fingerprint density at radius 3 is 2.03 bits per heavy atom. The van der Waals surface area contributed by atoms with Crippen molar-refractivity contribution in [2.75, 3.05) is 26.1 Å². The average Bonchev–Trinajstić information content (AvgIpc) is 2.79. The molecule has 7 nitrogen and oxygen atoms in total. The monoisotopic (exact) mass is 440 g/mol. The number of ether oxygens (including phenoxy) is 2. The number of methoxy groups -OCH3 is 2. The van der Waals surface area contributed by atoms with Crippen LogP contribution in [-0.4, -0.2) is 35.1 Å². The molecular weight excluding hydrogens is 416 g/mol. The summed E-state index contributed by atoms with van der Waals surface area (Å²) in [5, 5.41) is 2.74. The lowest BCUT2D eigenvalue weighted by Crippen LogP contribution is -2.26. The molecule has 0 saturated heterocycles. The first kappa shape index (κ1) is 22.3. The molecule has 0 fully saturated rings. The van der Waals surface area contributed by atoms with E-state index in [9.17, 15) is 13.2 Å². The second kappa shape index (κ2) is 10.1. The van der Waals surface area contributed by atoms with E-state index in [1.165, 1.54) is 38.5 Å². The van der Waals surface area contributed by atoms with Gasteiger partial charge in [0.1, 0.15) is 17.1 Å². The lowest BCUT2D eigenvalue weighted by Gasteiger charge is -2.13. The molecule has 1 amide bonds. The molecule has 31 heavy (non-hydrogen) atoms. The van der Waals surface area contributed by atoms with Gasteiger partial charge >= 0.3 is 0 Å². The largest absolute Gasteiger partial charge is 0.496 e. The Balaban J connectivity index is 1.67. The third-order valence-electron chi connectivity index (χ3n) is 4.63. The fourth-order valence-electron chi connectivity index (χ4n) is 3.04. The summed E-state index contributed by atoms with van der Waals surface area (Å²) in [4.78, 5) is 12.8. The minimum absolute atomic E-state index is 0.119. The van der Waals surface area contributed by atoms with E-state index in [2.05, 4.69) is 10.0 Å². The number of carbonyl (C=O) groups is 1. The molecule has 0 aliphatic carbocycles. The third-order valence-corrected chi connectivity index (χ3v) is 6.10. The summed E-state index contributed by atoms with van der Waals surface area (Å²) in [5.41, 5.74) is 1.75. The predicted octanol–water partition coefficient (Wildman–Crippen LogP) is 3.48. The average molecular weight is 441 g/mol. The van der Waals surface area contributed by atoms with Crippen LogP contribution in [0.3, 0.4) is 0 Å². The van der Waals surface area contributed by atoms with Crippen molar-refractivity contribution in [3.05, 3.63) is 83.9 Å². The number of anilines is 1. The van der Waals surface area contributed by atoms with E-state index in [-0.39, 0.29) is 10.5 Å². The topological polar surface area (TPSA) is 93.7 Å². The number of amides is 1. The van der Waals surface area contributed by atoms with Gasteiger partial charge in [0.15, 0.2) is 0 Å². The maximum absolute atomic E-state index is 12.7. The zero-order valence-electron chi connectivity index (χ0n) is 17.3. The summed E-state index contributed by atoms with van der Waals surface area (Å²) in [6, 6.07) is 20.6. The first-order valence-corrected chi connectivity index (χ1v) is 11.1. The number of hydrogen-bond donors (Lipinski definition) is 2. The van der Waals surface area contributed by atoms with Gasteiger partial charge in [-0.1, -0.05) is 36.4 Å². The van der Waals surface area contributed by atoms with Gasteiger partial charge in [-0.3, -0.25) is 4.79 Å². The second-order valence-corrected chi connectivity index (χ2v) is 8.42. The molecule has 0 bridgehead atoms. The van der Waals surface area contributed by atoms with E-state index in [0.717, 1.165) is 5.56 Å². The van der Waals surface area contributed by atoms with Crippen molar-refractivity contribution in [1.29, 1.82) is 0 Å². The maximum atomic E-state index is 12.7. The molecule has 3 rings (SSSR count). The molecule has 3 aromatic rings. The van der Waals surface area contributed by atoms with Gasteiger partial charge in [0.05, 0.1) is 19.1 Å². The van der Waals surface area contributed by atoms with Gasteiger partial charge in [-0.15, -0.1) is 0 Å². The Labute approximate surface area is 182 Å². The zero-order chi connectivity index (χ0) is 22.3. The highest BCUT2D eigenvalue weighted by atomic mass is 32.2. The summed E-state index contributed by atoms with van der Waals surface area (Å²) in [5.74, 6) is 0.322. The normalized spacial score (nSPS) is 11.0. The maximum Gasteiger partial charge on any atom is 0.263 e. The number of sulfonamides is 1. The first-order valence-electron chi connectivity index (χ1n) is 9.60. The fourth-order valence-corrected chi connectivity index (χ4v) is 4.08. The van der Waals surface area contributed by atoms with Crippen LogP contribution in [0.5, 0.6) is 11.5 Å². The van der Waals surface area contributed by atoms with Gasteiger partial charge in [0, 0.05) is 12.2 Å². The van der Waals surface area contributed by atoms with Crippen LogP contribution in [0.4, 0.5) is 5.69 Å². The van der Waals surface area contributed by atoms with Crippen LogP contribution < -0.4 is 19.5 Å². The predicted molar refractivity (Wildman–Crippen MR) is 119 cm³/mol. The molecule has 0 atom stereocenters. The van der Waals surface area contributed by atoms with Gasteiger partial charge in [0.25, 0.3) is 5.91 Å². The SMILES string of the molecule is COc1cccc(OC)c1C(=O)Nc1ccc(S(=O)(=O)NCCc2ccccc2)cc1. The quantitative estimate of drug-likeness (QED) is 0.531. The molecule has 0 unspecified atom stereocenters. The van der Waals surface area contributed by atoms with Crippen LogP contribution in [0.25, 0.3) is 0 Å². The summed E-state index contributed by atoms with van der Waals surface area (Å²) >= 11 is 0. The van der Waals surface area contributed by atoms with Crippen molar-refractivity contribution >= 4 is 21.6 Å². The van der Waals surface area contributed by atoms with Crippen molar-refractivity contribution < 1.29 is 22.7 Å².